The van der Waals surface area contributed by atoms with Crippen molar-refractivity contribution in [3.05, 3.63) is 35.1 Å². The fourth-order valence-electron chi connectivity index (χ4n) is 6.34. The first kappa shape index (κ1) is 26.6. The molecule has 0 radical (unpaired) electrons. The molecule has 6 nitrogen and oxygen atoms in total. The van der Waals surface area contributed by atoms with Crippen LogP contribution in [0.15, 0.2) is 18.2 Å². The highest BCUT2D eigenvalue weighted by Gasteiger charge is 2.52. The van der Waals surface area contributed by atoms with Crippen LogP contribution in [0.5, 0.6) is 0 Å². The van der Waals surface area contributed by atoms with Gasteiger partial charge in [-0.15, -0.1) is 0 Å². The lowest BCUT2D eigenvalue weighted by Crippen LogP contribution is -2.51. The molecular weight excluding hydrogens is 457 g/mol. The Morgan fingerprint density at radius 1 is 1.19 bits per heavy atom. The van der Waals surface area contributed by atoms with Gasteiger partial charge in [0.2, 0.25) is 0 Å². The molecule has 0 aromatic heterocycles. The van der Waals surface area contributed by atoms with Crippen LogP contribution in [0.1, 0.15) is 83.3 Å². The molecule has 1 aromatic carbocycles. The van der Waals surface area contributed by atoms with E-state index in [0.717, 1.165) is 57.3 Å². The number of hydrogen-bond acceptors (Lipinski definition) is 5. The molecule has 0 spiro atoms. The van der Waals surface area contributed by atoms with Crippen LogP contribution < -0.4 is 0 Å². The monoisotopic (exact) mass is 497 g/mol. The Labute approximate surface area is 214 Å². The van der Waals surface area contributed by atoms with Gasteiger partial charge in [0.1, 0.15) is 11.4 Å². The van der Waals surface area contributed by atoms with Gasteiger partial charge in [0.25, 0.3) is 0 Å². The first-order valence-corrected chi connectivity index (χ1v) is 13.5. The van der Waals surface area contributed by atoms with E-state index in [0.29, 0.717) is 11.5 Å². The van der Waals surface area contributed by atoms with Crippen molar-refractivity contribution in [2.24, 2.45) is 11.8 Å². The highest BCUT2D eigenvalue weighted by atomic mass is 19.1. The molecule has 4 rings (SSSR count). The summed E-state index contributed by atoms with van der Waals surface area (Å²) in [5, 5.41) is 9.80. The lowest BCUT2D eigenvalue weighted by atomic mass is 9.86. The summed E-state index contributed by atoms with van der Waals surface area (Å²) in [5.41, 5.74) is 0.853. The van der Waals surface area contributed by atoms with Crippen molar-refractivity contribution in [1.29, 1.82) is 5.26 Å². The third kappa shape index (κ3) is 5.91. The molecule has 2 heterocycles. The van der Waals surface area contributed by atoms with Gasteiger partial charge in [-0.3, -0.25) is 9.69 Å². The Hall–Kier alpha value is -2.46. The van der Waals surface area contributed by atoms with E-state index < -0.39 is 23.7 Å². The number of ether oxygens (including phenoxy) is 1. The van der Waals surface area contributed by atoms with Gasteiger partial charge in [0, 0.05) is 12.5 Å². The number of ketones is 1. The summed E-state index contributed by atoms with van der Waals surface area (Å²) in [6, 6.07) is 7.09. The number of nitrogens with zero attached hydrogens (tertiary/aromatic N) is 3. The molecule has 2 aliphatic heterocycles. The van der Waals surface area contributed by atoms with Crippen LogP contribution >= 0.6 is 0 Å². The number of benzene rings is 1. The SMILES string of the molecule is CCN1CCC(c2ccc(C[C@@H](C#N)CC(=O)[C@@H]3[C@H]4CC[C@H](C4)N3C(=O)OC(C)(C)C)c(F)c2)CC1. The van der Waals surface area contributed by atoms with Crippen molar-refractivity contribution in [3.63, 3.8) is 0 Å². The van der Waals surface area contributed by atoms with Gasteiger partial charge in [-0.1, -0.05) is 19.1 Å². The Balaban J connectivity index is 1.40. The quantitative estimate of drug-likeness (QED) is 0.501. The molecule has 7 heteroatoms. The molecule has 1 aliphatic carbocycles. The average Bonchev–Trinajstić information content (AvgIpc) is 3.45. The van der Waals surface area contributed by atoms with E-state index in [1.165, 1.54) is 0 Å². The molecule has 0 N–H and O–H groups in total. The molecular formula is C29H40FN3O3. The van der Waals surface area contributed by atoms with E-state index >= 15 is 4.39 Å². The van der Waals surface area contributed by atoms with Crippen LogP contribution in [-0.2, 0) is 16.0 Å². The van der Waals surface area contributed by atoms with Gasteiger partial charge < -0.3 is 9.64 Å². The van der Waals surface area contributed by atoms with Gasteiger partial charge in [-0.25, -0.2) is 9.18 Å². The second kappa shape index (κ2) is 10.9. The first-order chi connectivity index (χ1) is 17.1. The van der Waals surface area contributed by atoms with Crippen molar-refractivity contribution < 1.29 is 18.7 Å². The number of carbonyl (C=O) groups excluding carboxylic acids is 2. The van der Waals surface area contributed by atoms with E-state index in [9.17, 15) is 14.9 Å². The summed E-state index contributed by atoms with van der Waals surface area (Å²) in [5.74, 6) is -0.566. The molecule has 0 unspecified atom stereocenters. The van der Waals surface area contributed by atoms with Crippen LogP contribution in [-0.4, -0.2) is 59.0 Å². The maximum absolute atomic E-state index is 15.1. The number of fused-ring (bicyclic) bond motifs is 2. The van der Waals surface area contributed by atoms with Crippen LogP contribution in [0, 0.1) is 29.0 Å². The highest BCUT2D eigenvalue weighted by Crippen LogP contribution is 2.44. The zero-order valence-corrected chi connectivity index (χ0v) is 22.1. The predicted octanol–water partition coefficient (Wildman–Crippen LogP) is 5.45. The minimum atomic E-state index is -0.640. The fraction of sp³-hybridized carbons (Fsp3) is 0.690. The number of rotatable bonds is 7. The summed E-state index contributed by atoms with van der Waals surface area (Å²) in [4.78, 5) is 30.3. The molecule has 196 valence electrons. The second-order valence-corrected chi connectivity index (χ2v) is 11.8. The van der Waals surface area contributed by atoms with Crippen molar-refractivity contribution >= 4 is 11.9 Å². The summed E-state index contributed by atoms with van der Waals surface area (Å²) in [6.07, 6.45) is 4.40. The van der Waals surface area contributed by atoms with E-state index in [1.54, 1.807) is 17.0 Å². The lowest BCUT2D eigenvalue weighted by molar-refractivity contribution is -0.126. The van der Waals surface area contributed by atoms with Crippen LogP contribution in [0.3, 0.4) is 0 Å². The van der Waals surface area contributed by atoms with Gasteiger partial charge in [0.05, 0.1) is 18.0 Å². The van der Waals surface area contributed by atoms with Crippen LogP contribution in [0.4, 0.5) is 9.18 Å². The lowest BCUT2D eigenvalue weighted by Gasteiger charge is -2.35. The normalized spacial score (nSPS) is 25.6. The zero-order chi connectivity index (χ0) is 26.0. The third-order valence-electron chi connectivity index (χ3n) is 8.20. The minimum Gasteiger partial charge on any atom is -0.444 e. The fourth-order valence-corrected chi connectivity index (χ4v) is 6.34. The smallest absolute Gasteiger partial charge is 0.411 e. The van der Waals surface area contributed by atoms with E-state index in [4.69, 9.17) is 4.74 Å². The van der Waals surface area contributed by atoms with Crippen molar-refractivity contribution in [2.75, 3.05) is 19.6 Å². The minimum absolute atomic E-state index is 0.0142. The number of carbonyl (C=O) groups is 2. The van der Waals surface area contributed by atoms with E-state index in [2.05, 4.69) is 17.9 Å². The topological polar surface area (TPSA) is 73.6 Å². The van der Waals surface area contributed by atoms with Crippen molar-refractivity contribution in [1.82, 2.24) is 9.80 Å². The maximum Gasteiger partial charge on any atom is 0.411 e. The summed E-state index contributed by atoms with van der Waals surface area (Å²) < 4.78 is 20.6. The molecule has 2 saturated heterocycles. The van der Waals surface area contributed by atoms with Crippen LogP contribution in [0.2, 0.25) is 0 Å². The summed E-state index contributed by atoms with van der Waals surface area (Å²) in [6.45, 7) is 10.7. The molecule has 1 amide bonds. The maximum atomic E-state index is 15.1. The Morgan fingerprint density at radius 3 is 2.53 bits per heavy atom. The molecule has 1 aromatic rings. The van der Waals surface area contributed by atoms with E-state index in [-0.39, 0.29) is 36.4 Å². The first-order valence-electron chi connectivity index (χ1n) is 13.5. The summed E-state index contributed by atoms with van der Waals surface area (Å²) >= 11 is 0. The predicted molar refractivity (Wildman–Crippen MR) is 136 cm³/mol. The number of hydrogen-bond donors (Lipinski definition) is 0. The molecule has 4 atom stereocenters. The Morgan fingerprint density at radius 2 is 1.92 bits per heavy atom. The molecule has 1 saturated carbocycles. The van der Waals surface area contributed by atoms with Gasteiger partial charge in [-0.2, -0.15) is 5.26 Å². The average molecular weight is 498 g/mol. The number of nitriles is 1. The second-order valence-electron chi connectivity index (χ2n) is 11.8. The molecule has 36 heavy (non-hydrogen) atoms. The van der Waals surface area contributed by atoms with Crippen molar-refractivity contribution in [2.45, 2.75) is 96.2 Å². The Bertz CT molecular complexity index is 1010. The standard InChI is InChI=1S/C29H40FN3O3/c1-5-32-12-10-20(11-13-32)21-6-7-22(25(30)17-21)14-19(18-31)15-26(34)27-23-8-9-24(16-23)33(27)28(35)36-29(2,3)4/h6-7,17,19-20,23-24,27H,5,8-16H2,1-4H3/t19-,23+,24-,27+/m1/s1. The Kier molecular flexibility index (Phi) is 8.04. The van der Waals surface area contributed by atoms with Gasteiger partial charge in [0.15, 0.2) is 5.78 Å². The summed E-state index contributed by atoms with van der Waals surface area (Å²) in [7, 11) is 0. The zero-order valence-electron chi connectivity index (χ0n) is 22.1. The molecule has 3 fully saturated rings. The number of likely N-dealkylation sites (tertiary alicyclic amines) is 2. The van der Waals surface area contributed by atoms with Gasteiger partial charge in [-0.05, 0) is 108 Å². The third-order valence-corrected chi connectivity index (χ3v) is 8.20. The van der Waals surface area contributed by atoms with Crippen LogP contribution in [0.25, 0.3) is 0 Å². The number of piperidine rings is 2. The number of halogens is 1. The number of Topliss-reactive ketones (excluding diaryl/α,β-unsaturated/α-hetero) is 1. The number of amides is 1. The molecule has 2 bridgehead atoms. The largest absolute Gasteiger partial charge is 0.444 e. The highest BCUT2D eigenvalue weighted by molar-refractivity contribution is 5.89. The van der Waals surface area contributed by atoms with E-state index in [1.807, 2.05) is 26.8 Å². The van der Waals surface area contributed by atoms with Crippen molar-refractivity contribution in [3.8, 4) is 6.07 Å². The van der Waals surface area contributed by atoms with Gasteiger partial charge >= 0.3 is 6.09 Å². The molecule has 3 aliphatic rings.